The van der Waals surface area contributed by atoms with Gasteiger partial charge >= 0.3 is 0 Å². The van der Waals surface area contributed by atoms with E-state index >= 15 is 0 Å². The summed E-state index contributed by atoms with van der Waals surface area (Å²) >= 11 is 0. The SMILES string of the molecule is CC(C)CCN1CCC2(CC1)CC(CCNC(C)C)C2.[HH]. The maximum atomic E-state index is 3.56. The van der Waals surface area contributed by atoms with Crippen LogP contribution in [0.2, 0.25) is 0 Å². The number of nitrogens with one attached hydrogen (secondary N) is 1. The molecule has 1 spiro atoms. The number of rotatable bonds is 7. The molecule has 1 aliphatic carbocycles. The van der Waals surface area contributed by atoms with Gasteiger partial charge in [0.1, 0.15) is 0 Å². The van der Waals surface area contributed by atoms with Crippen LogP contribution in [0.25, 0.3) is 0 Å². The molecule has 0 unspecified atom stereocenters. The molecule has 1 aliphatic heterocycles. The predicted molar refractivity (Wildman–Crippen MR) is 90.2 cm³/mol. The number of piperidine rings is 1. The van der Waals surface area contributed by atoms with Gasteiger partial charge in [-0.25, -0.2) is 0 Å². The third-order valence-corrected chi connectivity index (χ3v) is 5.49. The van der Waals surface area contributed by atoms with Crippen molar-refractivity contribution in [1.29, 1.82) is 0 Å². The van der Waals surface area contributed by atoms with Crippen molar-refractivity contribution in [2.75, 3.05) is 26.2 Å². The molecule has 0 bridgehead atoms. The van der Waals surface area contributed by atoms with Crippen molar-refractivity contribution in [2.24, 2.45) is 17.3 Å². The molecule has 0 amide bonds. The van der Waals surface area contributed by atoms with Gasteiger partial charge in [-0.2, -0.15) is 0 Å². The van der Waals surface area contributed by atoms with Crippen LogP contribution in [0.5, 0.6) is 0 Å². The Balaban J connectivity index is 0.00000220. The average Bonchev–Trinajstić information content (AvgIpc) is 2.35. The molecule has 0 radical (unpaired) electrons. The Morgan fingerprint density at radius 2 is 1.80 bits per heavy atom. The molecule has 0 aromatic carbocycles. The van der Waals surface area contributed by atoms with Gasteiger partial charge in [-0.1, -0.05) is 27.7 Å². The Labute approximate surface area is 128 Å². The summed E-state index contributed by atoms with van der Waals surface area (Å²) in [6, 6.07) is 0.647. The molecular weight excluding hydrogens is 244 g/mol. The molecule has 2 heteroatoms. The topological polar surface area (TPSA) is 15.3 Å². The fourth-order valence-corrected chi connectivity index (χ4v) is 4.05. The van der Waals surface area contributed by atoms with Gasteiger partial charge in [0, 0.05) is 7.47 Å². The number of nitrogens with zero attached hydrogens (tertiary/aromatic N) is 1. The molecule has 0 atom stereocenters. The summed E-state index contributed by atoms with van der Waals surface area (Å²) in [7, 11) is 0. The Morgan fingerprint density at radius 3 is 2.35 bits per heavy atom. The van der Waals surface area contributed by atoms with Crippen molar-refractivity contribution in [3.05, 3.63) is 0 Å². The van der Waals surface area contributed by atoms with Crippen LogP contribution in [0.1, 0.15) is 67.6 Å². The first-order valence-corrected chi connectivity index (χ1v) is 8.95. The van der Waals surface area contributed by atoms with Crippen LogP contribution >= 0.6 is 0 Å². The van der Waals surface area contributed by atoms with Crippen molar-refractivity contribution < 1.29 is 1.43 Å². The summed E-state index contributed by atoms with van der Waals surface area (Å²) < 4.78 is 0. The zero-order chi connectivity index (χ0) is 14.6. The van der Waals surface area contributed by atoms with Crippen molar-refractivity contribution in [3.63, 3.8) is 0 Å². The molecule has 2 aliphatic rings. The fraction of sp³-hybridized carbons (Fsp3) is 1.00. The highest BCUT2D eigenvalue weighted by molar-refractivity contribution is 4.97. The standard InChI is InChI=1S/C18H36N2.H2/c1-15(2)6-10-20-11-7-18(8-12-20)13-17(14-18)5-9-19-16(3)4;/h15-17,19H,5-14H2,1-4H3;1H. The van der Waals surface area contributed by atoms with E-state index in [1.165, 1.54) is 64.7 Å². The summed E-state index contributed by atoms with van der Waals surface area (Å²) in [5, 5.41) is 3.56. The highest BCUT2D eigenvalue weighted by Gasteiger charge is 2.44. The lowest BCUT2D eigenvalue weighted by Gasteiger charge is -2.52. The minimum Gasteiger partial charge on any atom is -0.315 e. The zero-order valence-corrected chi connectivity index (χ0v) is 14.3. The van der Waals surface area contributed by atoms with E-state index < -0.39 is 0 Å². The van der Waals surface area contributed by atoms with Crippen molar-refractivity contribution in [3.8, 4) is 0 Å². The van der Waals surface area contributed by atoms with Gasteiger partial charge in [-0.05, 0) is 82.0 Å². The van der Waals surface area contributed by atoms with Gasteiger partial charge in [0.05, 0.1) is 0 Å². The monoisotopic (exact) mass is 282 g/mol. The molecule has 120 valence electrons. The van der Waals surface area contributed by atoms with Crippen LogP contribution in [0, 0.1) is 17.3 Å². The normalized spacial score (nSPS) is 23.7. The summed E-state index contributed by atoms with van der Waals surface area (Å²) in [6.45, 7) is 14.5. The third kappa shape index (κ3) is 4.73. The van der Waals surface area contributed by atoms with Gasteiger partial charge in [-0.3, -0.25) is 0 Å². The fourth-order valence-electron chi connectivity index (χ4n) is 4.05. The number of likely N-dealkylation sites (tertiary alicyclic amines) is 1. The molecule has 2 fully saturated rings. The quantitative estimate of drug-likeness (QED) is 0.754. The Hall–Kier alpha value is -0.0800. The maximum Gasteiger partial charge on any atom is 0.00103 e. The maximum absolute atomic E-state index is 3.56. The molecule has 0 aromatic rings. The largest absolute Gasteiger partial charge is 0.315 e. The zero-order valence-electron chi connectivity index (χ0n) is 14.3. The van der Waals surface area contributed by atoms with E-state index in [2.05, 4.69) is 37.9 Å². The molecule has 1 heterocycles. The van der Waals surface area contributed by atoms with Crippen LogP contribution < -0.4 is 5.32 Å². The lowest BCUT2D eigenvalue weighted by atomic mass is 9.57. The molecule has 0 aromatic heterocycles. The summed E-state index contributed by atoms with van der Waals surface area (Å²) in [4.78, 5) is 2.71. The second-order valence-corrected chi connectivity index (χ2v) is 8.20. The first-order valence-electron chi connectivity index (χ1n) is 8.95. The van der Waals surface area contributed by atoms with Crippen LogP contribution in [-0.2, 0) is 0 Å². The lowest BCUT2D eigenvalue weighted by Crippen LogP contribution is -2.47. The van der Waals surface area contributed by atoms with Crippen molar-refractivity contribution >= 4 is 0 Å². The molecule has 1 saturated carbocycles. The van der Waals surface area contributed by atoms with Crippen molar-refractivity contribution in [2.45, 2.75) is 72.3 Å². The minimum absolute atomic E-state index is 0. The van der Waals surface area contributed by atoms with E-state index in [1.54, 1.807) is 0 Å². The molecule has 2 nitrogen and oxygen atoms in total. The van der Waals surface area contributed by atoms with E-state index in [0.717, 1.165) is 17.3 Å². The second-order valence-electron chi connectivity index (χ2n) is 8.20. The lowest BCUT2D eigenvalue weighted by molar-refractivity contribution is -0.0166. The molecule has 2 rings (SSSR count). The van der Waals surface area contributed by atoms with Crippen LogP contribution in [0.15, 0.2) is 0 Å². The minimum atomic E-state index is 0. The first-order chi connectivity index (χ1) is 9.49. The second kappa shape index (κ2) is 7.26. The van der Waals surface area contributed by atoms with Gasteiger partial charge in [0.15, 0.2) is 0 Å². The van der Waals surface area contributed by atoms with Crippen LogP contribution in [-0.4, -0.2) is 37.1 Å². The van der Waals surface area contributed by atoms with Gasteiger partial charge in [0.25, 0.3) is 0 Å². The van der Waals surface area contributed by atoms with E-state index in [9.17, 15) is 0 Å². The molecule has 20 heavy (non-hydrogen) atoms. The smallest absolute Gasteiger partial charge is 0.00103 e. The van der Waals surface area contributed by atoms with E-state index in [1.807, 2.05) is 0 Å². The number of hydrogen-bond acceptors (Lipinski definition) is 2. The third-order valence-electron chi connectivity index (χ3n) is 5.49. The molecular formula is C18H38N2. The van der Waals surface area contributed by atoms with E-state index in [0.29, 0.717) is 6.04 Å². The van der Waals surface area contributed by atoms with Gasteiger partial charge < -0.3 is 10.2 Å². The summed E-state index contributed by atoms with van der Waals surface area (Å²) in [5.41, 5.74) is 0.761. The highest BCUT2D eigenvalue weighted by Crippen LogP contribution is 2.53. The Bertz CT molecular complexity index is 267. The first kappa shape index (κ1) is 16.3. The van der Waals surface area contributed by atoms with Gasteiger partial charge in [-0.15, -0.1) is 0 Å². The van der Waals surface area contributed by atoms with Crippen LogP contribution in [0.4, 0.5) is 0 Å². The van der Waals surface area contributed by atoms with E-state index in [4.69, 9.17) is 0 Å². The van der Waals surface area contributed by atoms with Crippen molar-refractivity contribution in [1.82, 2.24) is 10.2 Å². The van der Waals surface area contributed by atoms with E-state index in [-0.39, 0.29) is 1.43 Å². The number of hydrogen-bond donors (Lipinski definition) is 1. The Kier molecular flexibility index (Phi) is 5.92. The Morgan fingerprint density at radius 1 is 1.15 bits per heavy atom. The highest BCUT2D eigenvalue weighted by atomic mass is 15.1. The summed E-state index contributed by atoms with van der Waals surface area (Å²) in [5.74, 6) is 1.87. The van der Waals surface area contributed by atoms with Crippen LogP contribution in [0.3, 0.4) is 0 Å². The van der Waals surface area contributed by atoms with Gasteiger partial charge in [0.2, 0.25) is 0 Å². The molecule has 1 saturated heterocycles. The molecule has 1 N–H and O–H groups in total. The summed E-state index contributed by atoms with van der Waals surface area (Å²) in [6.07, 6.45) is 8.75. The predicted octanol–water partition coefficient (Wildman–Crippen LogP) is 4.16. The average molecular weight is 283 g/mol.